The molecule has 2 aromatic rings. The molecule has 0 spiro atoms. The second kappa shape index (κ2) is 11.0. The summed E-state index contributed by atoms with van der Waals surface area (Å²) < 4.78 is 21.8. The molecule has 2 aromatic carbocycles. The van der Waals surface area contributed by atoms with Crippen LogP contribution in [0.15, 0.2) is 41.4 Å². The van der Waals surface area contributed by atoms with Crippen LogP contribution in [-0.4, -0.2) is 52.9 Å². The maximum absolute atomic E-state index is 5.57. The number of hydrogen-bond acceptors (Lipinski definition) is 5. The summed E-state index contributed by atoms with van der Waals surface area (Å²) in [6.07, 6.45) is 0. The summed E-state index contributed by atoms with van der Waals surface area (Å²) in [5, 5.41) is 3.38. The maximum Gasteiger partial charge on any atom is 0.193 e. The molecule has 0 aliphatic heterocycles. The molecule has 2 rings (SSSR count). The van der Waals surface area contributed by atoms with E-state index < -0.39 is 0 Å². The van der Waals surface area contributed by atoms with Gasteiger partial charge in [-0.25, -0.2) is 0 Å². The molecule has 0 bridgehead atoms. The molecule has 7 heteroatoms. The fourth-order valence-electron chi connectivity index (χ4n) is 2.98. The predicted octanol–water partition coefficient (Wildman–Crippen LogP) is 3.32. The zero-order chi connectivity index (χ0) is 21.2. The fourth-order valence-corrected chi connectivity index (χ4v) is 2.98. The smallest absolute Gasteiger partial charge is 0.193 e. The second-order valence-corrected chi connectivity index (χ2v) is 6.35. The van der Waals surface area contributed by atoms with E-state index in [1.165, 1.54) is 0 Å². The molecule has 158 valence electrons. The molecule has 0 aliphatic carbocycles. The molecule has 0 saturated heterocycles. The standard InChI is InChI=1S/C22H31N3O4/c1-7-29-19-11-8-16(12-21(19)28-6)14-24-22(23-2)25(3)15-17-9-10-18(26-4)13-20(17)27-5/h8-13H,7,14-15H2,1-6H3,(H,23,24). The molecule has 0 radical (unpaired) electrons. The number of hydrogen-bond donors (Lipinski definition) is 1. The summed E-state index contributed by atoms with van der Waals surface area (Å²) in [6.45, 7) is 3.80. The Morgan fingerprint density at radius 2 is 1.72 bits per heavy atom. The van der Waals surface area contributed by atoms with E-state index >= 15 is 0 Å². The van der Waals surface area contributed by atoms with E-state index in [0.29, 0.717) is 19.7 Å². The molecular formula is C22H31N3O4. The molecule has 0 heterocycles. The molecule has 29 heavy (non-hydrogen) atoms. The van der Waals surface area contributed by atoms with Crippen molar-refractivity contribution in [2.45, 2.75) is 20.0 Å². The normalized spacial score (nSPS) is 11.0. The first-order chi connectivity index (χ1) is 14.1. The number of nitrogens with one attached hydrogen (secondary N) is 1. The Hall–Kier alpha value is -3.09. The van der Waals surface area contributed by atoms with Gasteiger partial charge < -0.3 is 29.2 Å². The van der Waals surface area contributed by atoms with Crippen LogP contribution in [0.3, 0.4) is 0 Å². The lowest BCUT2D eigenvalue weighted by molar-refractivity contribution is 0.310. The summed E-state index contributed by atoms with van der Waals surface area (Å²) in [6, 6.07) is 11.7. The Balaban J connectivity index is 2.05. The zero-order valence-electron chi connectivity index (χ0n) is 18.1. The summed E-state index contributed by atoms with van der Waals surface area (Å²) in [7, 11) is 8.69. The SMILES string of the molecule is CCOc1ccc(CNC(=NC)N(C)Cc2ccc(OC)cc2OC)cc1OC. The van der Waals surface area contributed by atoms with E-state index in [1.54, 1.807) is 28.4 Å². The second-order valence-electron chi connectivity index (χ2n) is 6.35. The van der Waals surface area contributed by atoms with Crippen LogP contribution in [0, 0.1) is 0 Å². The van der Waals surface area contributed by atoms with Crippen LogP contribution in [0.1, 0.15) is 18.1 Å². The van der Waals surface area contributed by atoms with Gasteiger partial charge in [0.1, 0.15) is 11.5 Å². The minimum Gasteiger partial charge on any atom is -0.497 e. The molecule has 0 unspecified atom stereocenters. The van der Waals surface area contributed by atoms with Crippen molar-refractivity contribution < 1.29 is 18.9 Å². The van der Waals surface area contributed by atoms with E-state index in [9.17, 15) is 0 Å². The van der Waals surface area contributed by atoms with E-state index in [0.717, 1.165) is 40.1 Å². The number of guanidine groups is 1. The number of aliphatic imine (C=N–C) groups is 1. The highest BCUT2D eigenvalue weighted by molar-refractivity contribution is 5.79. The number of benzene rings is 2. The third-order valence-electron chi connectivity index (χ3n) is 4.45. The minimum atomic E-state index is 0.597. The highest BCUT2D eigenvalue weighted by Gasteiger charge is 2.12. The molecule has 0 amide bonds. The summed E-state index contributed by atoms with van der Waals surface area (Å²) in [4.78, 5) is 6.43. The fraction of sp³-hybridized carbons (Fsp3) is 0.409. The Kier molecular flexibility index (Phi) is 8.45. The maximum atomic E-state index is 5.57. The van der Waals surface area contributed by atoms with Crippen molar-refractivity contribution in [1.29, 1.82) is 0 Å². The average molecular weight is 402 g/mol. The van der Waals surface area contributed by atoms with Gasteiger partial charge in [-0.1, -0.05) is 6.07 Å². The Bertz CT molecular complexity index is 824. The molecule has 1 N–H and O–H groups in total. The van der Waals surface area contributed by atoms with Gasteiger partial charge in [-0.3, -0.25) is 4.99 Å². The van der Waals surface area contributed by atoms with Gasteiger partial charge in [0.05, 0.1) is 27.9 Å². The van der Waals surface area contributed by atoms with Gasteiger partial charge in [0.2, 0.25) is 0 Å². The van der Waals surface area contributed by atoms with Crippen molar-refractivity contribution in [2.24, 2.45) is 4.99 Å². The van der Waals surface area contributed by atoms with Crippen LogP contribution < -0.4 is 24.3 Å². The van der Waals surface area contributed by atoms with Gasteiger partial charge in [-0.2, -0.15) is 0 Å². The largest absolute Gasteiger partial charge is 0.497 e. The minimum absolute atomic E-state index is 0.597. The van der Waals surface area contributed by atoms with Crippen LogP contribution in [0.5, 0.6) is 23.0 Å². The molecular weight excluding hydrogens is 370 g/mol. The van der Waals surface area contributed by atoms with Crippen LogP contribution in [0.2, 0.25) is 0 Å². The number of ether oxygens (including phenoxy) is 4. The van der Waals surface area contributed by atoms with E-state index in [1.807, 2.05) is 55.3 Å². The number of rotatable bonds is 9. The summed E-state index contributed by atoms with van der Waals surface area (Å²) >= 11 is 0. The van der Waals surface area contributed by atoms with Gasteiger partial charge in [0.15, 0.2) is 17.5 Å². The number of methoxy groups -OCH3 is 3. The summed E-state index contributed by atoms with van der Waals surface area (Å²) in [5.74, 6) is 3.78. The zero-order valence-corrected chi connectivity index (χ0v) is 18.1. The molecule has 0 aliphatic rings. The molecule has 0 atom stereocenters. The van der Waals surface area contributed by atoms with Crippen LogP contribution in [0.25, 0.3) is 0 Å². The highest BCUT2D eigenvalue weighted by atomic mass is 16.5. The molecule has 0 aromatic heterocycles. The first-order valence-corrected chi connectivity index (χ1v) is 9.48. The predicted molar refractivity (Wildman–Crippen MR) is 115 cm³/mol. The average Bonchev–Trinajstić information content (AvgIpc) is 2.75. The summed E-state index contributed by atoms with van der Waals surface area (Å²) in [5.41, 5.74) is 2.11. The van der Waals surface area contributed by atoms with E-state index in [2.05, 4.69) is 10.3 Å². The first-order valence-electron chi connectivity index (χ1n) is 9.48. The lowest BCUT2D eigenvalue weighted by Gasteiger charge is -2.23. The third kappa shape index (κ3) is 5.94. The lowest BCUT2D eigenvalue weighted by Crippen LogP contribution is -2.38. The van der Waals surface area contributed by atoms with Crippen LogP contribution >= 0.6 is 0 Å². The Morgan fingerprint density at radius 3 is 2.34 bits per heavy atom. The van der Waals surface area contributed by atoms with Gasteiger partial charge >= 0.3 is 0 Å². The van der Waals surface area contributed by atoms with Crippen molar-refractivity contribution in [3.63, 3.8) is 0 Å². The monoisotopic (exact) mass is 401 g/mol. The van der Waals surface area contributed by atoms with Crippen LogP contribution in [-0.2, 0) is 13.1 Å². The highest BCUT2D eigenvalue weighted by Crippen LogP contribution is 2.28. The van der Waals surface area contributed by atoms with Crippen LogP contribution in [0.4, 0.5) is 0 Å². The Labute approximate surface area is 173 Å². The molecule has 0 saturated carbocycles. The third-order valence-corrected chi connectivity index (χ3v) is 4.45. The van der Waals surface area contributed by atoms with Gasteiger partial charge in [0.25, 0.3) is 0 Å². The number of nitrogens with zero attached hydrogens (tertiary/aromatic N) is 2. The topological polar surface area (TPSA) is 64.6 Å². The van der Waals surface area contributed by atoms with Crippen molar-refractivity contribution in [1.82, 2.24) is 10.2 Å². The van der Waals surface area contributed by atoms with Crippen molar-refractivity contribution in [3.05, 3.63) is 47.5 Å². The van der Waals surface area contributed by atoms with Gasteiger partial charge in [-0.15, -0.1) is 0 Å². The van der Waals surface area contributed by atoms with Gasteiger partial charge in [-0.05, 0) is 36.8 Å². The van der Waals surface area contributed by atoms with Crippen molar-refractivity contribution >= 4 is 5.96 Å². The molecule has 0 fully saturated rings. The van der Waals surface area contributed by atoms with E-state index in [-0.39, 0.29) is 0 Å². The quantitative estimate of drug-likeness (QED) is 0.514. The van der Waals surface area contributed by atoms with Crippen molar-refractivity contribution in [3.8, 4) is 23.0 Å². The van der Waals surface area contributed by atoms with E-state index in [4.69, 9.17) is 18.9 Å². The molecule has 7 nitrogen and oxygen atoms in total. The first kappa shape index (κ1) is 22.2. The lowest BCUT2D eigenvalue weighted by atomic mass is 10.2. The van der Waals surface area contributed by atoms with Gasteiger partial charge in [0, 0.05) is 38.8 Å². The Morgan fingerprint density at radius 1 is 0.966 bits per heavy atom. The van der Waals surface area contributed by atoms with Crippen molar-refractivity contribution in [2.75, 3.05) is 42.0 Å².